The van der Waals surface area contributed by atoms with Crippen molar-refractivity contribution < 1.29 is 0 Å². The molecule has 0 atom stereocenters. The molecule has 0 bridgehead atoms. The number of thiophene rings is 1. The molecule has 2 nitrogen and oxygen atoms in total. The molecule has 1 heterocycles. The SMILES string of the molecule is CC(C)(C#N)CCCNCCc1ccsc1. The molecular formula is C13H20N2S. The van der Waals surface area contributed by atoms with Crippen molar-refractivity contribution in [1.29, 1.82) is 5.26 Å². The van der Waals surface area contributed by atoms with Crippen LogP contribution >= 0.6 is 11.3 Å². The van der Waals surface area contributed by atoms with Gasteiger partial charge in [-0.05, 0) is 68.6 Å². The Balaban J connectivity index is 1.99. The van der Waals surface area contributed by atoms with Crippen molar-refractivity contribution in [3.8, 4) is 6.07 Å². The lowest BCUT2D eigenvalue weighted by Crippen LogP contribution is -2.20. The number of nitriles is 1. The lowest BCUT2D eigenvalue weighted by Gasteiger charge is -2.14. The Morgan fingerprint density at radius 1 is 1.44 bits per heavy atom. The van der Waals surface area contributed by atoms with Crippen molar-refractivity contribution in [1.82, 2.24) is 5.32 Å². The molecule has 1 aromatic heterocycles. The summed E-state index contributed by atoms with van der Waals surface area (Å²) in [5.41, 5.74) is 1.24. The molecule has 1 N–H and O–H groups in total. The normalized spacial score (nSPS) is 11.3. The van der Waals surface area contributed by atoms with Gasteiger partial charge in [0.1, 0.15) is 0 Å². The van der Waals surface area contributed by atoms with Gasteiger partial charge in [-0.3, -0.25) is 0 Å². The van der Waals surface area contributed by atoms with Crippen LogP contribution in [0.25, 0.3) is 0 Å². The third-order valence-electron chi connectivity index (χ3n) is 2.63. The van der Waals surface area contributed by atoms with E-state index in [1.165, 1.54) is 5.56 Å². The van der Waals surface area contributed by atoms with E-state index in [4.69, 9.17) is 5.26 Å². The zero-order chi connectivity index (χ0) is 11.9. The first-order valence-corrected chi connectivity index (χ1v) is 6.71. The van der Waals surface area contributed by atoms with Gasteiger partial charge >= 0.3 is 0 Å². The molecule has 16 heavy (non-hydrogen) atoms. The van der Waals surface area contributed by atoms with Gasteiger partial charge in [0.15, 0.2) is 0 Å². The minimum absolute atomic E-state index is 0.172. The van der Waals surface area contributed by atoms with E-state index in [2.05, 4.69) is 28.2 Å². The summed E-state index contributed by atoms with van der Waals surface area (Å²) in [5.74, 6) is 0. The van der Waals surface area contributed by atoms with E-state index in [0.29, 0.717) is 0 Å². The third-order valence-corrected chi connectivity index (χ3v) is 3.36. The molecule has 1 aromatic rings. The maximum absolute atomic E-state index is 8.85. The molecular weight excluding hydrogens is 216 g/mol. The molecule has 0 spiro atoms. The summed E-state index contributed by atoms with van der Waals surface area (Å²) in [7, 11) is 0. The minimum atomic E-state index is -0.172. The monoisotopic (exact) mass is 236 g/mol. The Labute approximate surface area is 102 Å². The van der Waals surface area contributed by atoms with Crippen molar-refractivity contribution in [2.24, 2.45) is 5.41 Å². The number of rotatable bonds is 7. The lowest BCUT2D eigenvalue weighted by atomic mass is 9.90. The van der Waals surface area contributed by atoms with Crippen molar-refractivity contribution in [3.05, 3.63) is 22.4 Å². The summed E-state index contributed by atoms with van der Waals surface area (Å²) in [6.45, 7) is 6.04. The van der Waals surface area contributed by atoms with E-state index in [0.717, 1.165) is 32.4 Å². The maximum atomic E-state index is 8.85. The van der Waals surface area contributed by atoms with Gasteiger partial charge in [-0.25, -0.2) is 0 Å². The van der Waals surface area contributed by atoms with E-state index < -0.39 is 0 Å². The zero-order valence-corrected chi connectivity index (χ0v) is 10.9. The van der Waals surface area contributed by atoms with Crippen molar-refractivity contribution >= 4 is 11.3 Å². The van der Waals surface area contributed by atoms with Crippen LogP contribution in [-0.2, 0) is 6.42 Å². The first-order chi connectivity index (χ1) is 7.64. The van der Waals surface area contributed by atoms with Gasteiger partial charge < -0.3 is 5.32 Å². The second-order valence-corrected chi connectivity index (χ2v) is 5.51. The van der Waals surface area contributed by atoms with E-state index in [1.54, 1.807) is 11.3 Å². The molecule has 0 fully saturated rings. The summed E-state index contributed by atoms with van der Waals surface area (Å²) in [6.07, 6.45) is 3.14. The summed E-state index contributed by atoms with van der Waals surface area (Å²) >= 11 is 1.75. The van der Waals surface area contributed by atoms with Gasteiger partial charge in [-0.15, -0.1) is 0 Å². The molecule has 0 saturated carbocycles. The van der Waals surface area contributed by atoms with Crippen molar-refractivity contribution in [3.63, 3.8) is 0 Å². The van der Waals surface area contributed by atoms with Gasteiger partial charge in [-0.2, -0.15) is 16.6 Å². The largest absolute Gasteiger partial charge is 0.316 e. The van der Waals surface area contributed by atoms with E-state index in [1.807, 2.05) is 13.8 Å². The fraction of sp³-hybridized carbons (Fsp3) is 0.615. The molecule has 0 aliphatic carbocycles. The maximum Gasteiger partial charge on any atom is 0.0683 e. The lowest BCUT2D eigenvalue weighted by molar-refractivity contribution is 0.426. The highest BCUT2D eigenvalue weighted by atomic mass is 32.1. The first-order valence-electron chi connectivity index (χ1n) is 5.77. The summed E-state index contributed by atoms with van der Waals surface area (Å²) < 4.78 is 0. The van der Waals surface area contributed by atoms with Crippen LogP contribution in [0.5, 0.6) is 0 Å². The Bertz CT molecular complexity index is 322. The van der Waals surface area contributed by atoms with E-state index in [9.17, 15) is 0 Å². The Hall–Kier alpha value is -0.850. The number of nitrogens with zero attached hydrogens (tertiary/aromatic N) is 1. The van der Waals surface area contributed by atoms with E-state index in [-0.39, 0.29) is 5.41 Å². The highest BCUT2D eigenvalue weighted by Gasteiger charge is 2.14. The molecule has 0 radical (unpaired) electrons. The highest BCUT2D eigenvalue weighted by Crippen LogP contribution is 2.19. The fourth-order valence-corrected chi connectivity index (χ4v) is 2.21. The second-order valence-electron chi connectivity index (χ2n) is 4.73. The summed E-state index contributed by atoms with van der Waals surface area (Å²) in [5, 5.41) is 16.6. The molecule has 0 unspecified atom stereocenters. The zero-order valence-electron chi connectivity index (χ0n) is 10.1. The van der Waals surface area contributed by atoms with Gasteiger partial charge in [0.2, 0.25) is 0 Å². The van der Waals surface area contributed by atoms with Crippen LogP contribution in [0.1, 0.15) is 32.3 Å². The molecule has 0 amide bonds. The van der Waals surface area contributed by atoms with Gasteiger partial charge in [-0.1, -0.05) is 0 Å². The van der Waals surface area contributed by atoms with Crippen LogP contribution in [0.15, 0.2) is 16.8 Å². The minimum Gasteiger partial charge on any atom is -0.316 e. The van der Waals surface area contributed by atoms with Gasteiger partial charge in [0.25, 0.3) is 0 Å². The third kappa shape index (κ3) is 5.29. The number of nitrogens with one attached hydrogen (secondary N) is 1. The number of hydrogen-bond donors (Lipinski definition) is 1. The predicted molar refractivity (Wildman–Crippen MR) is 69.5 cm³/mol. The molecule has 0 aliphatic rings. The van der Waals surface area contributed by atoms with E-state index >= 15 is 0 Å². The first kappa shape index (κ1) is 13.2. The summed E-state index contributed by atoms with van der Waals surface area (Å²) in [4.78, 5) is 0. The summed E-state index contributed by atoms with van der Waals surface area (Å²) in [6, 6.07) is 4.50. The van der Waals surface area contributed by atoms with Crippen LogP contribution in [0.3, 0.4) is 0 Å². The molecule has 3 heteroatoms. The van der Waals surface area contributed by atoms with Crippen LogP contribution in [0.2, 0.25) is 0 Å². The fourth-order valence-electron chi connectivity index (χ4n) is 1.50. The molecule has 0 aliphatic heterocycles. The average Bonchev–Trinajstić information content (AvgIpc) is 2.76. The predicted octanol–water partition coefficient (Wildman–Crippen LogP) is 3.21. The standard InChI is InChI=1S/C13H20N2S/c1-13(2,11-14)6-3-7-15-8-4-12-5-9-16-10-12/h5,9-10,15H,3-4,6-8H2,1-2H3. The van der Waals surface area contributed by atoms with Crippen LogP contribution < -0.4 is 5.32 Å². The Morgan fingerprint density at radius 3 is 2.88 bits per heavy atom. The number of hydrogen-bond acceptors (Lipinski definition) is 3. The van der Waals surface area contributed by atoms with Gasteiger partial charge in [0, 0.05) is 0 Å². The molecule has 0 saturated heterocycles. The van der Waals surface area contributed by atoms with Crippen LogP contribution in [-0.4, -0.2) is 13.1 Å². The van der Waals surface area contributed by atoms with Crippen LogP contribution in [0, 0.1) is 16.7 Å². The topological polar surface area (TPSA) is 35.8 Å². The molecule has 1 rings (SSSR count). The molecule has 0 aromatic carbocycles. The quantitative estimate of drug-likeness (QED) is 0.738. The highest BCUT2D eigenvalue weighted by molar-refractivity contribution is 7.07. The second kappa shape index (κ2) is 6.67. The Kier molecular flexibility index (Phi) is 5.51. The average molecular weight is 236 g/mol. The van der Waals surface area contributed by atoms with Gasteiger partial charge in [0.05, 0.1) is 11.5 Å². The molecule has 88 valence electrons. The Morgan fingerprint density at radius 2 is 2.25 bits per heavy atom. The smallest absolute Gasteiger partial charge is 0.0683 e. The van der Waals surface area contributed by atoms with Crippen LogP contribution in [0.4, 0.5) is 0 Å². The van der Waals surface area contributed by atoms with Crippen molar-refractivity contribution in [2.75, 3.05) is 13.1 Å². The van der Waals surface area contributed by atoms with Crippen molar-refractivity contribution in [2.45, 2.75) is 33.1 Å².